The van der Waals surface area contributed by atoms with Gasteiger partial charge in [0.1, 0.15) is 5.82 Å². The summed E-state index contributed by atoms with van der Waals surface area (Å²) in [6.07, 6.45) is 3.58. The molecule has 104 valence electrons. The van der Waals surface area contributed by atoms with E-state index in [0.29, 0.717) is 6.61 Å². The summed E-state index contributed by atoms with van der Waals surface area (Å²) in [5.74, 6) is 0.872. The van der Waals surface area contributed by atoms with Crippen LogP contribution >= 0.6 is 0 Å². The molecule has 1 aromatic heterocycles. The molecule has 0 radical (unpaired) electrons. The number of rotatable bonds is 4. The van der Waals surface area contributed by atoms with Crippen molar-refractivity contribution in [1.82, 2.24) is 4.98 Å². The Morgan fingerprint density at radius 2 is 2.21 bits per heavy atom. The lowest BCUT2D eigenvalue weighted by molar-refractivity contribution is -0.148. The first-order valence-corrected chi connectivity index (χ1v) is 6.80. The highest BCUT2D eigenvalue weighted by Gasteiger charge is 2.26. The number of ether oxygens (including phenoxy) is 1. The van der Waals surface area contributed by atoms with Gasteiger partial charge in [-0.25, -0.2) is 4.98 Å². The zero-order valence-corrected chi connectivity index (χ0v) is 11.6. The highest BCUT2D eigenvalue weighted by atomic mass is 16.5. The molecule has 2 heterocycles. The van der Waals surface area contributed by atoms with E-state index >= 15 is 0 Å². The molecule has 0 aliphatic carbocycles. The predicted molar refractivity (Wildman–Crippen MR) is 75.4 cm³/mol. The van der Waals surface area contributed by atoms with Crippen LogP contribution in [0.25, 0.3) is 0 Å². The number of esters is 1. The number of nitrogens with zero attached hydrogens (tertiary/aromatic N) is 2. The number of nitrogens with one attached hydrogen (secondary N) is 1. The van der Waals surface area contributed by atoms with E-state index in [1.54, 1.807) is 0 Å². The van der Waals surface area contributed by atoms with Crippen LogP contribution in [0, 0.1) is 5.92 Å². The van der Waals surface area contributed by atoms with E-state index in [2.05, 4.69) is 21.3 Å². The molecule has 0 unspecified atom stereocenters. The first kappa shape index (κ1) is 13.6. The zero-order valence-electron chi connectivity index (χ0n) is 11.6. The first-order valence-electron chi connectivity index (χ1n) is 6.80. The van der Waals surface area contributed by atoms with Crippen molar-refractivity contribution < 1.29 is 9.53 Å². The molecule has 1 aliphatic heterocycles. The highest BCUT2D eigenvalue weighted by Crippen LogP contribution is 2.24. The van der Waals surface area contributed by atoms with Crippen LogP contribution in [0.3, 0.4) is 0 Å². The minimum absolute atomic E-state index is 0.0502. The second-order valence-electron chi connectivity index (χ2n) is 4.67. The molecule has 19 heavy (non-hydrogen) atoms. The Morgan fingerprint density at radius 3 is 2.74 bits per heavy atom. The fraction of sp³-hybridized carbons (Fsp3) is 0.571. The standard InChI is InChI=1S/C14H21N3O2/c1-3-19-14(18)11-6-8-17(9-7-11)12-4-5-13(15-2)16-10-12/h4-5,10-11H,3,6-9H2,1-2H3,(H,15,16). The maximum atomic E-state index is 11.7. The lowest BCUT2D eigenvalue weighted by atomic mass is 9.97. The van der Waals surface area contributed by atoms with Crippen molar-refractivity contribution in [3.05, 3.63) is 18.3 Å². The molecule has 0 bridgehead atoms. The van der Waals surface area contributed by atoms with Crippen LogP contribution in [0.5, 0.6) is 0 Å². The van der Waals surface area contributed by atoms with Crippen molar-refractivity contribution >= 4 is 17.5 Å². The maximum Gasteiger partial charge on any atom is 0.309 e. The lowest BCUT2D eigenvalue weighted by Crippen LogP contribution is -2.37. The molecule has 0 aromatic carbocycles. The van der Waals surface area contributed by atoms with E-state index in [0.717, 1.165) is 37.4 Å². The van der Waals surface area contributed by atoms with E-state index < -0.39 is 0 Å². The molecule has 2 rings (SSSR count). The highest BCUT2D eigenvalue weighted by molar-refractivity contribution is 5.72. The summed E-state index contributed by atoms with van der Waals surface area (Å²) < 4.78 is 5.07. The van der Waals surface area contributed by atoms with Crippen LogP contribution in [0.4, 0.5) is 11.5 Å². The van der Waals surface area contributed by atoms with Gasteiger partial charge in [-0.2, -0.15) is 0 Å². The Morgan fingerprint density at radius 1 is 1.47 bits per heavy atom. The third-order valence-corrected chi connectivity index (χ3v) is 3.48. The topological polar surface area (TPSA) is 54.5 Å². The number of carbonyl (C=O) groups is 1. The zero-order chi connectivity index (χ0) is 13.7. The summed E-state index contributed by atoms with van der Waals surface area (Å²) in [6, 6.07) is 4.02. The molecule has 1 N–H and O–H groups in total. The Bertz CT molecular complexity index is 411. The molecule has 1 aromatic rings. The van der Waals surface area contributed by atoms with E-state index in [-0.39, 0.29) is 11.9 Å². The van der Waals surface area contributed by atoms with E-state index in [9.17, 15) is 4.79 Å². The van der Waals surface area contributed by atoms with Gasteiger partial charge in [0.2, 0.25) is 0 Å². The van der Waals surface area contributed by atoms with Crippen LogP contribution in [0.2, 0.25) is 0 Å². The van der Waals surface area contributed by atoms with Crippen molar-refractivity contribution in [3.63, 3.8) is 0 Å². The average Bonchev–Trinajstić information content (AvgIpc) is 2.48. The second kappa shape index (κ2) is 6.41. The molecule has 0 amide bonds. The van der Waals surface area contributed by atoms with Gasteiger partial charge in [0, 0.05) is 20.1 Å². The van der Waals surface area contributed by atoms with Gasteiger partial charge in [0.25, 0.3) is 0 Å². The number of aromatic nitrogens is 1. The quantitative estimate of drug-likeness (QED) is 0.841. The van der Waals surface area contributed by atoms with E-state index in [1.165, 1.54) is 0 Å². The molecule has 0 atom stereocenters. The summed E-state index contributed by atoms with van der Waals surface area (Å²) in [7, 11) is 1.85. The van der Waals surface area contributed by atoms with Gasteiger partial charge in [-0.1, -0.05) is 0 Å². The fourth-order valence-electron chi connectivity index (χ4n) is 2.35. The van der Waals surface area contributed by atoms with Crippen LogP contribution in [0.1, 0.15) is 19.8 Å². The van der Waals surface area contributed by atoms with Crippen LogP contribution in [-0.4, -0.2) is 37.7 Å². The van der Waals surface area contributed by atoms with Crippen molar-refractivity contribution in [1.29, 1.82) is 0 Å². The van der Waals surface area contributed by atoms with Gasteiger partial charge in [0.05, 0.1) is 24.4 Å². The Hall–Kier alpha value is -1.78. The normalized spacial score (nSPS) is 16.2. The maximum absolute atomic E-state index is 11.7. The number of carbonyl (C=O) groups excluding carboxylic acids is 1. The summed E-state index contributed by atoms with van der Waals surface area (Å²) in [6.45, 7) is 4.07. The van der Waals surface area contributed by atoms with Gasteiger partial charge < -0.3 is 15.0 Å². The predicted octanol–water partition coefficient (Wildman–Crippen LogP) is 1.90. The van der Waals surface area contributed by atoms with Gasteiger partial charge in [0.15, 0.2) is 0 Å². The second-order valence-corrected chi connectivity index (χ2v) is 4.67. The molecule has 0 saturated carbocycles. The van der Waals surface area contributed by atoms with Crippen molar-refractivity contribution in [2.45, 2.75) is 19.8 Å². The average molecular weight is 263 g/mol. The fourth-order valence-corrected chi connectivity index (χ4v) is 2.35. The smallest absolute Gasteiger partial charge is 0.309 e. The van der Waals surface area contributed by atoms with E-state index in [4.69, 9.17) is 4.74 Å². The lowest BCUT2D eigenvalue weighted by Gasteiger charge is -2.32. The summed E-state index contributed by atoms with van der Waals surface area (Å²) >= 11 is 0. The van der Waals surface area contributed by atoms with Gasteiger partial charge >= 0.3 is 5.97 Å². The largest absolute Gasteiger partial charge is 0.466 e. The third kappa shape index (κ3) is 3.36. The van der Waals surface area contributed by atoms with Gasteiger partial charge in [-0.05, 0) is 31.9 Å². The molecule has 1 saturated heterocycles. The Kier molecular flexibility index (Phi) is 4.60. The number of piperidine rings is 1. The number of pyridine rings is 1. The van der Waals surface area contributed by atoms with Gasteiger partial charge in [-0.15, -0.1) is 0 Å². The minimum atomic E-state index is -0.0502. The van der Waals surface area contributed by atoms with Crippen LogP contribution in [-0.2, 0) is 9.53 Å². The number of hydrogen-bond acceptors (Lipinski definition) is 5. The SMILES string of the molecule is CCOC(=O)C1CCN(c2ccc(NC)nc2)CC1. The Balaban J connectivity index is 1.90. The molecular weight excluding hydrogens is 242 g/mol. The van der Waals surface area contributed by atoms with Crippen LogP contribution in [0.15, 0.2) is 18.3 Å². The summed E-state index contributed by atoms with van der Waals surface area (Å²) in [5, 5.41) is 3.00. The Labute approximate surface area is 114 Å². The van der Waals surface area contributed by atoms with Gasteiger partial charge in [-0.3, -0.25) is 4.79 Å². The first-order chi connectivity index (χ1) is 9.24. The van der Waals surface area contributed by atoms with Crippen molar-refractivity contribution in [2.24, 2.45) is 5.92 Å². The van der Waals surface area contributed by atoms with Crippen molar-refractivity contribution in [3.8, 4) is 0 Å². The molecule has 5 heteroatoms. The summed E-state index contributed by atoms with van der Waals surface area (Å²) in [4.78, 5) is 18.2. The van der Waals surface area contributed by atoms with Crippen molar-refractivity contribution in [2.75, 3.05) is 37.0 Å². The molecule has 5 nitrogen and oxygen atoms in total. The molecule has 1 fully saturated rings. The molecule has 1 aliphatic rings. The van der Waals surface area contributed by atoms with E-state index in [1.807, 2.05) is 26.2 Å². The molecule has 0 spiro atoms. The number of anilines is 2. The minimum Gasteiger partial charge on any atom is -0.466 e. The van der Waals surface area contributed by atoms with Crippen LogP contribution < -0.4 is 10.2 Å². The number of hydrogen-bond donors (Lipinski definition) is 1. The molecular formula is C14H21N3O2. The summed E-state index contributed by atoms with van der Waals surface area (Å²) in [5.41, 5.74) is 1.11. The third-order valence-electron chi connectivity index (χ3n) is 3.48. The monoisotopic (exact) mass is 263 g/mol.